The maximum Gasteiger partial charge on any atom is 0.260 e. The summed E-state index contributed by atoms with van der Waals surface area (Å²) in [4.78, 5) is 30.1. The SMILES string of the molecule is CCn1cc(C(=O)N2CCC[C@@H]3[C@H]2CCCCc2ccccc2OCC(=O)N3C)cn1. The first kappa shape index (κ1) is 21.4. The molecule has 0 radical (unpaired) electrons. The van der Waals surface area contributed by atoms with Crippen LogP contribution in [0, 0.1) is 0 Å². The van der Waals surface area contributed by atoms with Gasteiger partial charge in [0.05, 0.1) is 23.8 Å². The second kappa shape index (κ2) is 9.54. The topological polar surface area (TPSA) is 67.7 Å². The van der Waals surface area contributed by atoms with Crippen molar-refractivity contribution < 1.29 is 14.3 Å². The number of amides is 2. The minimum Gasteiger partial charge on any atom is -0.483 e. The molecule has 2 atom stereocenters. The third-order valence-corrected chi connectivity index (χ3v) is 6.62. The first-order valence-corrected chi connectivity index (χ1v) is 11.4. The third kappa shape index (κ3) is 4.60. The fourth-order valence-corrected chi connectivity index (χ4v) is 4.85. The van der Waals surface area contributed by atoms with Crippen LogP contribution >= 0.6 is 0 Å². The van der Waals surface area contributed by atoms with Crippen molar-refractivity contribution in [3.05, 3.63) is 47.8 Å². The second-order valence-electron chi connectivity index (χ2n) is 8.51. The van der Waals surface area contributed by atoms with Crippen LogP contribution in [0.1, 0.15) is 54.9 Å². The van der Waals surface area contributed by atoms with Crippen molar-refractivity contribution in [1.82, 2.24) is 19.6 Å². The monoisotopic (exact) mass is 424 g/mol. The van der Waals surface area contributed by atoms with Crippen LogP contribution < -0.4 is 4.74 Å². The maximum absolute atomic E-state index is 13.4. The highest BCUT2D eigenvalue weighted by atomic mass is 16.5. The van der Waals surface area contributed by atoms with Crippen LogP contribution in [0.2, 0.25) is 0 Å². The van der Waals surface area contributed by atoms with E-state index in [2.05, 4.69) is 11.2 Å². The number of hydrogen-bond acceptors (Lipinski definition) is 4. The van der Waals surface area contributed by atoms with Crippen LogP contribution in [0.5, 0.6) is 5.75 Å². The van der Waals surface area contributed by atoms with E-state index in [4.69, 9.17) is 4.74 Å². The molecule has 0 aliphatic carbocycles. The highest BCUT2D eigenvalue weighted by Gasteiger charge is 2.38. The van der Waals surface area contributed by atoms with Gasteiger partial charge in [-0.05, 0) is 50.7 Å². The lowest BCUT2D eigenvalue weighted by Gasteiger charge is -2.45. The van der Waals surface area contributed by atoms with Crippen LogP contribution in [0.15, 0.2) is 36.7 Å². The fourth-order valence-electron chi connectivity index (χ4n) is 4.85. The van der Waals surface area contributed by atoms with Crippen molar-refractivity contribution in [2.24, 2.45) is 0 Å². The van der Waals surface area contributed by atoms with Gasteiger partial charge in [0, 0.05) is 26.3 Å². The number of likely N-dealkylation sites (tertiary alicyclic amines) is 1. The van der Waals surface area contributed by atoms with Crippen molar-refractivity contribution in [3.8, 4) is 5.75 Å². The fraction of sp³-hybridized carbons (Fsp3) is 0.542. The number of hydrogen-bond donors (Lipinski definition) is 0. The lowest BCUT2D eigenvalue weighted by Crippen LogP contribution is -2.58. The molecule has 0 unspecified atom stereocenters. The Morgan fingerprint density at radius 3 is 2.77 bits per heavy atom. The molecule has 0 saturated carbocycles. The van der Waals surface area contributed by atoms with E-state index in [9.17, 15) is 9.59 Å². The average Bonchev–Trinajstić information content (AvgIpc) is 3.28. The Kier molecular flexibility index (Phi) is 6.59. The smallest absolute Gasteiger partial charge is 0.260 e. The van der Waals surface area contributed by atoms with E-state index < -0.39 is 0 Å². The molecule has 7 heteroatoms. The minimum absolute atomic E-state index is 0.00434. The summed E-state index contributed by atoms with van der Waals surface area (Å²) in [5, 5.41) is 4.27. The van der Waals surface area contributed by atoms with Gasteiger partial charge in [-0.25, -0.2) is 0 Å². The van der Waals surface area contributed by atoms with Gasteiger partial charge < -0.3 is 14.5 Å². The van der Waals surface area contributed by atoms with Crippen molar-refractivity contribution in [2.75, 3.05) is 20.2 Å². The van der Waals surface area contributed by atoms with Gasteiger partial charge in [-0.15, -0.1) is 0 Å². The molecule has 1 aromatic carbocycles. The van der Waals surface area contributed by atoms with Crippen LogP contribution in [0.3, 0.4) is 0 Å². The second-order valence-corrected chi connectivity index (χ2v) is 8.51. The molecule has 1 aromatic heterocycles. The molecular formula is C24H32N4O3. The van der Waals surface area contributed by atoms with Gasteiger partial charge in [0.15, 0.2) is 6.61 Å². The Hall–Kier alpha value is -2.83. The summed E-state index contributed by atoms with van der Waals surface area (Å²) in [5.74, 6) is 0.775. The summed E-state index contributed by atoms with van der Waals surface area (Å²) in [6.45, 7) is 3.48. The number of fused-ring (bicyclic) bond motifs is 2. The average molecular weight is 425 g/mol. The molecule has 2 aliphatic heterocycles. The standard InChI is InChI=1S/C24H32N4O3/c1-3-27-16-19(15-25-27)24(30)28-14-8-12-20-21(28)11-6-4-9-18-10-5-7-13-22(18)31-17-23(29)26(20)2/h5,7,10,13,15-16,20-21H,3-4,6,8-9,11-12,14,17H2,1-2H3/t20-,21-/m1/s1. The quantitative estimate of drug-likeness (QED) is 0.743. The van der Waals surface area contributed by atoms with Crippen molar-refractivity contribution in [1.29, 1.82) is 0 Å². The molecule has 0 bridgehead atoms. The van der Waals surface area contributed by atoms with Crippen LogP contribution in [0.4, 0.5) is 0 Å². The number of rotatable bonds is 2. The van der Waals surface area contributed by atoms with E-state index in [0.717, 1.165) is 62.9 Å². The van der Waals surface area contributed by atoms with E-state index in [1.807, 2.05) is 48.2 Å². The molecule has 0 N–H and O–H groups in total. The molecule has 1 fully saturated rings. The van der Waals surface area contributed by atoms with E-state index in [1.54, 1.807) is 10.9 Å². The Morgan fingerprint density at radius 1 is 1.16 bits per heavy atom. The van der Waals surface area contributed by atoms with Crippen molar-refractivity contribution in [3.63, 3.8) is 0 Å². The molecule has 1 saturated heterocycles. The van der Waals surface area contributed by atoms with E-state index in [1.165, 1.54) is 0 Å². The normalized spacial score (nSPS) is 22.6. The summed E-state index contributed by atoms with van der Waals surface area (Å²) in [5.41, 5.74) is 1.76. The molecule has 2 aromatic rings. The van der Waals surface area contributed by atoms with E-state index >= 15 is 0 Å². The van der Waals surface area contributed by atoms with Crippen LogP contribution in [-0.4, -0.2) is 63.7 Å². The van der Waals surface area contributed by atoms with Gasteiger partial charge in [0.1, 0.15) is 5.75 Å². The Labute approximate surface area is 184 Å². The van der Waals surface area contributed by atoms with Crippen molar-refractivity contribution >= 4 is 11.8 Å². The molecule has 2 amide bonds. The van der Waals surface area contributed by atoms with E-state index in [0.29, 0.717) is 5.56 Å². The van der Waals surface area contributed by atoms with Gasteiger partial charge in [-0.2, -0.15) is 5.10 Å². The number of aromatic nitrogens is 2. The number of aryl methyl sites for hydroxylation is 2. The number of nitrogens with zero attached hydrogens (tertiary/aromatic N) is 4. The Balaban J connectivity index is 1.57. The number of ether oxygens (including phenoxy) is 1. The zero-order valence-corrected chi connectivity index (χ0v) is 18.5. The number of para-hydroxylation sites is 1. The third-order valence-electron chi connectivity index (χ3n) is 6.62. The first-order chi connectivity index (χ1) is 15.1. The lowest BCUT2D eigenvalue weighted by molar-refractivity contribution is -0.136. The highest BCUT2D eigenvalue weighted by molar-refractivity contribution is 5.94. The number of likely N-dealkylation sites (N-methyl/N-ethyl adjacent to an activating group) is 1. The molecule has 0 spiro atoms. The summed E-state index contributed by atoms with van der Waals surface area (Å²) in [7, 11) is 1.85. The summed E-state index contributed by atoms with van der Waals surface area (Å²) >= 11 is 0. The van der Waals surface area contributed by atoms with Gasteiger partial charge in [0.25, 0.3) is 11.8 Å². The van der Waals surface area contributed by atoms with Crippen LogP contribution in [-0.2, 0) is 17.8 Å². The van der Waals surface area contributed by atoms with Gasteiger partial charge in [-0.3, -0.25) is 14.3 Å². The van der Waals surface area contributed by atoms with E-state index in [-0.39, 0.29) is 30.5 Å². The molecule has 3 heterocycles. The predicted octanol–water partition coefficient (Wildman–Crippen LogP) is 3.14. The van der Waals surface area contributed by atoms with Crippen LogP contribution in [0.25, 0.3) is 0 Å². The maximum atomic E-state index is 13.4. The van der Waals surface area contributed by atoms with Gasteiger partial charge in [-0.1, -0.05) is 24.6 Å². The molecule has 166 valence electrons. The molecule has 7 nitrogen and oxygen atoms in total. The van der Waals surface area contributed by atoms with Gasteiger partial charge >= 0.3 is 0 Å². The summed E-state index contributed by atoms with van der Waals surface area (Å²) in [6, 6.07) is 7.98. The largest absolute Gasteiger partial charge is 0.483 e. The minimum atomic E-state index is -0.0431. The molecule has 4 rings (SSSR count). The Morgan fingerprint density at radius 2 is 1.97 bits per heavy atom. The summed E-state index contributed by atoms with van der Waals surface area (Å²) in [6.07, 6.45) is 9.09. The molecule has 2 aliphatic rings. The van der Waals surface area contributed by atoms with Crippen molar-refractivity contribution in [2.45, 2.75) is 64.1 Å². The highest BCUT2D eigenvalue weighted by Crippen LogP contribution is 2.29. The van der Waals surface area contributed by atoms with Gasteiger partial charge in [0.2, 0.25) is 0 Å². The zero-order chi connectivity index (χ0) is 21.8. The Bertz CT molecular complexity index is 925. The zero-order valence-electron chi connectivity index (χ0n) is 18.5. The molecular weight excluding hydrogens is 392 g/mol. The summed E-state index contributed by atoms with van der Waals surface area (Å²) < 4.78 is 7.68. The number of piperidine rings is 1. The first-order valence-electron chi connectivity index (χ1n) is 11.4. The number of carbonyl (C=O) groups is 2. The number of carbonyl (C=O) groups excluding carboxylic acids is 2. The molecule has 31 heavy (non-hydrogen) atoms. The number of benzene rings is 1. The lowest BCUT2D eigenvalue weighted by atomic mass is 9.89. The predicted molar refractivity (Wildman–Crippen MR) is 118 cm³/mol.